The molecule has 9 heteroatoms. The maximum absolute atomic E-state index is 13.6. The zero-order valence-electron chi connectivity index (χ0n) is 18.2. The molecule has 6 rings (SSSR count). The van der Waals surface area contributed by atoms with E-state index in [1.54, 1.807) is 18.5 Å². The summed E-state index contributed by atoms with van der Waals surface area (Å²) in [5.41, 5.74) is 3.43. The number of aryl methyl sites for hydroxylation is 1. The molecule has 2 aliphatic heterocycles. The van der Waals surface area contributed by atoms with Crippen LogP contribution in [0, 0.1) is 24.6 Å². The molecule has 2 unspecified atom stereocenters. The molecule has 2 fully saturated rings. The van der Waals surface area contributed by atoms with Crippen molar-refractivity contribution in [3.63, 3.8) is 0 Å². The summed E-state index contributed by atoms with van der Waals surface area (Å²) >= 11 is 0. The minimum absolute atomic E-state index is 0.00601. The van der Waals surface area contributed by atoms with Crippen LogP contribution >= 0.6 is 0 Å². The van der Waals surface area contributed by atoms with Gasteiger partial charge in [0.1, 0.15) is 11.3 Å². The van der Waals surface area contributed by atoms with Gasteiger partial charge in [-0.2, -0.15) is 20.0 Å². The van der Waals surface area contributed by atoms with Gasteiger partial charge in [0.25, 0.3) is 11.9 Å². The van der Waals surface area contributed by atoms with E-state index in [4.69, 9.17) is 4.42 Å². The number of aromatic nitrogens is 4. The first-order valence-corrected chi connectivity index (χ1v) is 11.1. The highest BCUT2D eigenvalue weighted by Gasteiger charge is 2.38. The van der Waals surface area contributed by atoms with Crippen LogP contribution in [0.4, 0.5) is 10.4 Å². The first-order chi connectivity index (χ1) is 16.0. The second-order valence-corrected chi connectivity index (χ2v) is 9.03. The van der Waals surface area contributed by atoms with Gasteiger partial charge in [0.05, 0.1) is 23.6 Å². The zero-order chi connectivity index (χ0) is 22.5. The van der Waals surface area contributed by atoms with Crippen molar-refractivity contribution in [2.45, 2.75) is 13.3 Å². The highest BCUT2D eigenvalue weighted by Crippen LogP contribution is 2.33. The monoisotopic (exact) mass is 446 g/mol. The van der Waals surface area contributed by atoms with E-state index in [1.165, 1.54) is 16.9 Å². The van der Waals surface area contributed by atoms with Crippen LogP contribution in [0.25, 0.3) is 16.8 Å². The van der Waals surface area contributed by atoms with E-state index in [2.05, 4.69) is 20.1 Å². The van der Waals surface area contributed by atoms with Gasteiger partial charge in [-0.05, 0) is 49.4 Å². The Bertz CT molecular complexity index is 1320. The number of halogens is 1. The number of fused-ring (bicyclic) bond motifs is 3. The average Bonchev–Trinajstić information content (AvgIpc) is 3.47. The summed E-state index contributed by atoms with van der Waals surface area (Å²) in [6, 6.07) is 10.7. The van der Waals surface area contributed by atoms with Crippen molar-refractivity contribution in [3.05, 3.63) is 65.7 Å². The normalized spacial score (nSPS) is 20.4. The van der Waals surface area contributed by atoms with Crippen molar-refractivity contribution in [1.82, 2.24) is 24.9 Å². The number of hydrogen-bond acceptors (Lipinski definition) is 6. The molecule has 4 aromatic rings. The van der Waals surface area contributed by atoms with Crippen molar-refractivity contribution in [3.8, 4) is 5.69 Å². The van der Waals surface area contributed by atoms with Gasteiger partial charge in [0.2, 0.25) is 0 Å². The number of oxazole rings is 1. The lowest BCUT2D eigenvalue weighted by Gasteiger charge is -2.45. The molecule has 33 heavy (non-hydrogen) atoms. The molecule has 168 valence electrons. The first-order valence-electron chi connectivity index (χ1n) is 11.1. The number of carbonyl (C=O) groups excluding carboxylic acids is 1. The first kappa shape index (κ1) is 19.9. The quantitative estimate of drug-likeness (QED) is 0.480. The standard InChI is InChI=1S/C24H23FN6O2/c1-15-2-4-21(31-26-6-7-27-31)19(8-15)23(32)29-11-16-9-17(12-29)14-30(13-16)24-28-20-10-18(25)3-5-22(20)33-24/h2-8,10,16-17H,9,11-14H2,1H3. The van der Waals surface area contributed by atoms with Gasteiger partial charge in [-0.25, -0.2) is 4.39 Å². The molecule has 1 amide bonds. The van der Waals surface area contributed by atoms with Crippen LogP contribution in [0.1, 0.15) is 22.3 Å². The van der Waals surface area contributed by atoms with Crippen molar-refractivity contribution in [2.24, 2.45) is 11.8 Å². The Hall–Kier alpha value is -3.75. The number of benzene rings is 2. The molecule has 2 aliphatic rings. The Morgan fingerprint density at radius 1 is 1.03 bits per heavy atom. The molecule has 8 nitrogen and oxygen atoms in total. The van der Waals surface area contributed by atoms with Gasteiger partial charge < -0.3 is 14.2 Å². The molecule has 0 saturated carbocycles. The molecule has 0 spiro atoms. The summed E-state index contributed by atoms with van der Waals surface area (Å²) in [6.45, 7) is 4.81. The highest BCUT2D eigenvalue weighted by atomic mass is 19.1. The van der Waals surface area contributed by atoms with E-state index in [9.17, 15) is 9.18 Å². The van der Waals surface area contributed by atoms with Crippen LogP contribution in [-0.2, 0) is 0 Å². The fourth-order valence-electron chi connectivity index (χ4n) is 5.13. The number of amides is 1. The van der Waals surface area contributed by atoms with Crippen molar-refractivity contribution in [2.75, 3.05) is 31.1 Å². The van der Waals surface area contributed by atoms with E-state index in [1.807, 2.05) is 30.0 Å². The molecule has 2 saturated heterocycles. The Kier molecular flexibility index (Phi) is 4.63. The lowest BCUT2D eigenvalue weighted by molar-refractivity contribution is 0.0561. The Balaban J connectivity index is 1.23. The van der Waals surface area contributed by atoms with Crippen LogP contribution in [0.15, 0.2) is 53.2 Å². The number of rotatable bonds is 3. The molecule has 0 N–H and O–H groups in total. The van der Waals surface area contributed by atoms with Gasteiger partial charge in [-0.15, -0.1) is 0 Å². The molecule has 0 radical (unpaired) electrons. The summed E-state index contributed by atoms with van der Waals surface area (Å²) in [5.74, 6) is 0.299. The number of hydrogen-bond donors (Lipinski definition) is 0. The molecule has 0 aliphatic carbocycles. The third-order valence-electron chi connectivity index (χ3n) is 6.49. The summed E-state index contributed by atoms with van der Waals surface area (Å²) in [5, 5.41) is 8.43. The molecule has 2 atom stereocenters. The van der Waals surface area contributed by atoms with Crippen molar-refractivity contribution >= 4 is 23.0 Å². The summed E-state index contributed by atoms with van der Waals surface area (Å²) in [4.78, 5) is 23.7. The summed E-state index contributed by atoms with van der Waals surface area (Å²) in [6.07, 6.45) is 4.28. The van der Waals surface area contributed by atoms with Crippen LogP contribution in [0.2, 0.25) is 0 Å². The Morgan fingerprint density at radius 3 is 2.55 bits per heavy atom. The number of anilines is 1. The topological polar surface area (TPSA) is 80.3 Å². The van der Waals surface area contributed by atoms with Gasteiger partial charge in [-0.3, -0.25) is 4.79 Å². The van der Waals surface area contributed by atoms with Crippen LogP contribution in [-0.4, -0.2) is 57.0 Å². The smallest absolute Gasteiger partial charge is 0.298 e. The number of likely N-dealkylation sites (tertiary alicyclic amines) is 1. The van der Waals surface area contributed by atoms with Crippen molar-refractivity contribution < 1.29 is 13.6 Å². The fraction of sp³-hybridized carbons (Fsp3) is 0.333. The van der Waals surface area contributed by atoms with Crippen LogP contribution in [0.3, 0.4) is 0 Å². The predicted octanol–water partition coefficient (Wildman–Crippen LogP) is 3.45. The van der Waals surface area contributed by atoms with E-state index in [0.29, 0.717) is 53.3 Å². The molecular formula is C24H23FN6O2. The van der Waals surface area contributed by atoms with Gasteiger partial charge >= 0.3 is 0 Å². The predicted molar refractivity (Wildman–Crippen MR) is 120 cm³/mol. The largest absolute Gasteiger partial charge is 0.423 e. The minimum atomic E-state index is -0.326. The highest BCUT2D eigenvalue weighted by molar-refractivity contribution is 5.98. The van der Waals surface area contributed by atoms with Crippen LogP contribution in [0.5, 0.6) is 0 Å². The summed E-state index contributed by atoms with van der Waals surface area (Å²) < 4.78 is 19.4. The summed E-state index contributed by atoms with van der Waals surface area (Å²) in [7, 11) is 0. The molecular weight excluding hydrogens is 423 g/mol. The third kappa shape index (κ3) is 3.63. The van der Waals surface area contributed by atoms with E-state index in [0.717, 1.165) is 25.1 Å². The van der Waals surface area contributed by atoms with E-state index >= 15 is 0 Å². The maximum Gasteiger partial charge on any atom is 0.298 e. The second kappa shape index (κ2) is 7.68. The fourth-order valence-corrected chi connectivity index (χ4v) is 5.13. The van der Waals surface area contributed by atoms with Gasteiger partial charge in [0, 0.05) is 32.2 Å². The Morgan fingerprint density at radius 2 is 1.79 bits per heavy atom. The maximum atomic E-state index is 13.6. The van der Waals surface area contributed by atoms with E-state index < -0.39 is 0 Å². The lowest BCUT2D eigenvalue weighted by Crippen LogP contribution is -2.54. The second-order valence-electron chi connectivity index (χ2n) is 9.03. The SMILES string of the molecule is Cc1ccc(-n2nccn2)c(C(=O)N2CC3CC(C2)CN(c2nc4cc(F)ccc4o2)C3)c1. The van der Waals surface area contributed by atoms with Crippen molar-refractivity contribution in [1.29, 1.82) is 0 Å². The lowest BCUT2D eigenvalue weighted by atomic mass is 9.84. The number of piperidine rings is 2. The number of nitrogens with zero attached hydrogens (tertiary/aromatic N) is 6. The van der Waals surface area contributed by atoms with Gasteiger partial charge in [0.15, 0.2) is 5.58 Å². The van der Waals surface area contributed by atoms with Crippen LogP contribution < -0.4 is 4.90 Å². The Labute approximate surface area is 189 Å². The zero-order valence-corrected chi connectivity index (χ0v) is 18.2. The third-order valence-corrected chi connectivity index (χ3v) is 6.49. The molecule has 4 heterocycles. The molecule has 2 bridgehead atoms. The molecule has 2 aromatic heterocycles. The molecule has 2 aromatic carbocycles. The number of carbonyl (C=O) groups is 1. The minimum Gasteiger partial charge on any atom is -0.423 e. The van der Waals surface area contributed by atoms with E-state index in [-0.39, 0.29) is 11.7 Å². The van der Waals surface area contributed by atoms with Gasteiger partial charge in [-0.1, -0.05) is 11.6 Å². The average molecular weight is 446 g/mol.